The van der Waals surface area contributed by atoms with Crippen LogP contribution >= 0.6 is 0 Å². The largest absolute Gasteiger partial charge is 0.495 e. The van der Waals surface area contributed by atoms with Gasteiger partial charge in [-0.2, -0.15) is 0 Å². The van der Waals surface area contributed by atoms with E-state index in [1.165, 1.54) is 7.11 Å². The first-order valence-electron chi connectivity index (χ1n) is 5.74. The Morgan fingerprint density at radius 1 is 1.42 bits per heavy atom. The van der Waals surface area contributed by atoms with Crippen molar-refractivity contribution in [1.82, 2.24) is 0 Å². The molecular weight excluding hydrogens is 270 g/mol. The van der Waals surface area contributed by atoms with Crippen LogP contribution in [0.5, 0.6) is 5.75 Å². The third-order valence-corrected chi connectivity index (χ3v) is 4.96. The number of carbonyl (C=O) groups is 1. The van der Waals surface area contributed by atoms with E-state index >= 15 is 0 Å². The number of hydrogen-bond donors (Lipinski definition) is 2. The van der Waals surface area contributed by atoms with Crippen molar-refractivity contribution in [3.63, 3.8) is 0 Å². The van der Waals surface area contributed by atoms with Crippen molar-refractivity contribution in [2.75, 3.05) is 23.9 Å². The summed E-state index contributed by atoms with van der Waals surface area (Å²) in [7, 11) is -1.85. The highest BCUT2D eigenvalue weighted by Crippen LogP contribution is 2.32. The normalized spacial score (nSPS) is 24.9. The fraction of sp³-hybridized carbons (Fsp3) is 0.417. The monoisotopic (exact) mass is 285 g/mol. The highest BCUT2D eigenvalue weighted by Gasteiger charge is 2.48. The van der Waals surface area contributed by atoms with E-state index < -0.39 is 27.1 Å². The second-order valence-corrected chi connectivity index (χ2v) is 6.74. The fourth-order valence-corrected chi connectivity index (χ4v) is 4.07. The fourth-order valence-electron chi connectivity index (χ4n) is 2.18. The lowest BCUT2D eigenvalue weighted by Gasteiger charge is -2.26. The standard InChI is InChI=1S/C12H15NO5S/c1-18-10-5-3-2-4-9(10)13-12(11(14)15)6-7-19(16,17)8-12/h2-5,13H,6-8H2,1H3,(H,14,15). The molecule has 19 heavy (non-hydrogen) atoms. The van der Waals surface area contributed by atoms with Gasteiger partial charge in [-0.1, -0.05) is 12.1 Å². The molecule has 1 aromatic rings. The van der Waals surface area contributed by atoms with Crippen LogP contribution in [-0.4, -0.2) is 43.6 Å². The van der Waals surface area contributed by atoms with Crippen molar-refractivity contribution in [2.24, 2.45) is 0 Å². The number of hydrogen-bond acceptors (Lipinski definition) is 5. The highest BCUT2D eigenvalue weighted by atomic mass is 32.2. The van der Waals surface area contributed by atoms with Gasteiger partial charge < -0.3 is 15.2 Å². The number of anilines is 1. The number of rotatable bonds is 4. The molecule has 7 heteroatoms. The summed E-state index contributed by atoms with van der Waals surface area (Å²) in [6, 6.07) is 6.82. The number of aliphatic carboxylic acids is 1. The molecule has 6 nitrogen and oxygen atoms in total. The number of para-hydroxylation sites is 2. The molecule has 1 aliphatic rings. The summed E-state index contributed by atoms with van der Waals surface area (Å²) >= 11 is 0. The highest BCUT2D eigenvalue weighted by molar-refractivity contribution is 7.91. The van der Waals surface area contributed by atoms with Crippen molar-refractivity contribution in [3.8, 4) is 5.75 Å². The molecule has 0 aromatic heterocycles. The van der Waals surface area contributed by atoms with Crippen LogP contribution in [0.4, 0.5) is 5.69 Å². The molecule has 1 fully saturated rings. The summed E-state index contributed by atoms with van der Waals surface area (Å²) in [6.07, 6.45) is 0.0444. The van der Waals surface area contributed by atoms with Gasteiger partial charge in [-0.05, 0) is 18.6 Å². The lowest BCUT2D eigenvalue weighted by molar-refractivity contribution is -0.141. The summed E-state index contributed by atoms with van der Waals surface area (Å²) in [5, 5.41) is 12.2. The van der Waals surface area contributed by atoms with Gasteiger partial charge in [0, 0.05) is 0 Å². The topological polar surface area (TPSA) is 92.7 Å². The van der Waals surface area contributed by atoms with Crippen LogP contribution in [0.3, 0.4) is 0 Å². The molecule has 0 amide bonds. The molecule has 0 radical (unpaired) electrons. The minimum Gasteiger partial charge on any atom is -0.495 e. The lowest BCUT2D eigenvalue weighted by atomic mass is 9.98. The summed E-state index contributed by atoms with van der Waals surface area (Å²) in [5.74, 6) is -1.22. The zero-order chi connectivity index (χ0) is 14.1. The SMILES string of the molecule is COc1ccccc1NC1(C(=O)O)CCS(=O)(=O)C1. The van der Waals surface area contributed by atoms with Gasteiger partial charge in [0.2, 0.25) is 0 Å². The van der Waals surface area contributed by atoms with Gasteiger partial charge in [0.05, 0.1) is 24.3 Å². The number of carboxylic acid groups (broad SMARTS) is 1. The van der Waals surface area contributed by atoms with Crippen molar-refractivity contribution in [2.45, 2.75) is 12.0 Å². The second kappa shape index (κ2) is 4.73. The summed E-state index contributed by atoms with van der Waals surface area (Å²) in [6.45, 7) is 0. The third kappa shape index (κ3) is 2.65. The molecule has 104 valence electrons. The van der Waals surface area contributed by atoms with E-state index in [4.69, 9.17) is 4.74 Å². The first-order valence-corrected chi connectivity index (χ1v) is 7.56. The average molecular weight is 285 g/mol. The van der Waals surface area contributed by atoms with E-state index in [0.717, 1.165) is 0 Å². The maximum atomic E-state index is 11.6. The second-order valence-electron chi connectivity index (χ2n) is 4.55. The molecule has 1 aromatic carbocycles. The molecule has 1 heterocycles. The van der Waals surface area contributed by atoms with E-state index in [0.29, 0.717) is 11.4 Å². The van der Waals surface area contributed by atoms with Crippen LogP contribution in [0.15, 0.2) is 24.3 Å². The van der Waals surface area contributed by atoms with E-state index in [9.17, 15) is 18.3 Å². The molecule has 1 unspecified atom stereocenters. The minimum absolute atomic E-state index is 0.0444. The Morgan fingerprint density at radius 2 is 2.11 bits per heavy atom. The van der Waals surface area contributed by atoms with Gasteiger partial charge in [0.25, 0.3) is 0 Å². The maximum Gasteiger partial charge on any atom is 0.330 e. The summed E-state index contributed by atoms with van der Waals surface area (Å²) in [4.78, 5) is 11.4. The number of ether oxygens (including phenoxy) is 1. The molecule has 1 atom stereocenters. The predicted octanol–water partition coefficient (Wildman–Crippen LogP) is 0.749. The van der Waals surface area contributed by atoms with Crippen LogP contribution < -0.4 is 10.1 Å². The van der Waals surface area contributed by atoms with Gasteiger partial charge in [0.15, 0.2) is 15.4 Å². The predicted molar refractivity (Wildman–Crippen MR) is 70.3 cm³/mol. The van der Waals surface area contributed by atoms with Crippen LogP contribution in [0, 0.1) is 0 Å². The van der Waals surface area contributed by atoms with Crippen LogP contribution in [0.2, 0.25) is 0 Å². The van der Waals surface area contributed by atoms with Crippen molar-refractivity contribution in [1.29, 1.82) is 0 Å². The molecule has 0 bridgehead atoms. The van der Waals surface area contributed by atoms with Crippen molar-refractivity contribution >= 4 is 21.5 Å². The number of benzene rings is 1. The third-order valence-electron chi connectivity index (χ3n) is 3.20. The van der Waals surface area contributed by atoms with Gasteiger partial charge in [0.1, 0.15) is 5.75 Å². The van der Waals surface area contributed by atoms with Gasteiger partial charge in [-0.25, -0.2) is 13.2 Å². The Hall–Kier alpha value is -1.76. The number of carboxylic acids is 1. The quantitative estimate of drug-likeness (QED) is 0.848. The molecule has 0 saturated carbocycles. The van der Waals surface area contributed by atoms with E-state index in [1.807, 2.05) is 0 Å². The Morgan fingerprint density at radius 3 is 2.63 bits per heavy atom. The van der Waals surface area contributed by atoms with Crippen molar-refractivity contribution in [3.05, 3.63) is 24.3 Å². The molecular formula is C12H15NO5S. The Kier molecular flexibility index (Phi) is 3.40. The average Bonchev–Trinajstić information content (AvgIpc) is 2.67. The van der Waals surface area contributed by atoms with Crippen LogP contribution in [0.25, 0.3) is 0 Å². The smallest absolute Gasteiger partial charge is 0.330 e. The van der Waals surface area contributed by atoms with Crippen LogP contribution in [0.1, 0.15) is 6.42 Å². The molecule has 0 spiro atoms. The first-order chi connectivity index (χ1) is 8.88. The zero-order valence-electron chi connectivity index (χ0n) is 10.4. The summed E-state index contributed by atoms with van der Waals surface area (Å²) in [5.41, 5.74) is -1.00. The Balaban J connectivity index is 2.36. The number of nitrogens with one attached hydrogen (secondary N) is 1. The van der Waals surface area contributed by atoms with Gasteiger partial charge in [-0.3, -0.25) is 0 Å². The van der Waals surface area contributed by atoms with Crippen LogP contribution in [-0.2, 0) is 14.6 Å². The number of sulfone groups is 1. The van der Waals surface area contributed by atoms with E-state index in [1.54, 1.807) is 24.3 Å². The molecule has 2 rings (SSSR count). The summed E-state index contributed by atoms with van der Waals surface area (Å²) < 4.78 is 28.2. The minimum atomic E-state index is -3.32. The zero-order valence-corrected chi connectivity index (χ0v) is 11.2. The lowest BCUT2D eigenvalue weighted by Crippen LogP contribution is -2.47. The number of methoxy groups -OCH3 is 1. The Labute approximate surface area is 111 Å². The van der Waals surface area contributed by atoms with E-state index in [-0.39, 0.29) is 12.2 Å². The molecule has 2 N–H and O–H groups in total. The van der Waals surface area contributed by atoms with E-state index in [2.05, 4.69) is 5.32 Å². The van der Waals surface area contributed by atoms with Gasteiger partial charge >= 0.3 is 5.97 Å². The first kappa shape index (κ1) is 13.7. The molecule has 1 saturated heterocycles. The van der Waals surface area contributed by atoms with Gasteiger partial charge in [-0.15, -0.1) is 0 Å². The molecule has 0 aliphatic carbocycles. The maximum absolute atomic E-state index is 11.6. The molecule has 1 aliphatic heterocycles. The van der Waals surface area contributed by atoms with Crippen molar-refractivity contribution < 1.29 is 23.1 Å². The Bertz CT molecular complexity index is 598.